The number of carboxylic acids is 1. The minimum Gasteiger partial charge on any atom is -0.494 e. The fraction of sp³-hybridized carbons (Fsp3) is 0.276. The second-order valence-electron chi connectivity index (χ2n) is 9.90. The van der Waals surface area contributed by atoms with E-state index in [0.29, 0.717) is 12.1 Å². The van der Waals surface area contributed by atoms with Gasteiger partial charge in [-0.2, -0.15) is 18.3 Å². The van der Waals surface area contributed by atoms with Crippen LogP contribution in [0.25, 0.3) is 22.6 Å². The summed E-state index contributed by atoms with van der Waals surface area (Å²) in [5.74, 6) is -4.33. The number of alkyl halides is 3. The minimum absolute atomic E-state index is 0.000699. The number of fused-ring (bicyclic) bond motifs is 1. The number of amides is 1. The van der Waals surface area contributed by atoms with Crippen molar-refractivity contribution < 1.29 is 45.9 Å². The molecule has 0 bridgehead atoms. The smallest absolute Gasteiger partial charge is 0.417 e. The second kappa shape index (κ2) is 12.8. The van der Waals surface area contributed by atoms with E-state index in [4.69, 9.17) is 14.4 Å². The fourth-order valence-electron chi connectivity index (χ4n) is 4.59. The summed E-state index contributed by atoms with van der Waals surface area (Å²) in [7, 11) is 0. The summed E-state index contributed by atoms with van der Waals surface area (Å²) in [6.45, 7) is 1.61. The molecule has 1 unspecified atom stereocenters. The van der Waals surface area contributed by atoms with Crippen molar-refractivity contribution in [2.45, 2.75) is 38.5 Å². The lowest BCUT2D eigenvalue weighted by Crippen LogP contribution is -2.39. The Kier molecular flexibility index (Phi) is 8.83. The normalized spacial score (nSPS) is 13.4. The molecule has 5 rings (SSSR count). The van der Waals surface area contributed by atoms with Crippen LogP contribution in [-0.2, 0) is 22.3 Å². The summed E-state index contributed by atoms with van der Waals surface area (Å²) < 4.78 is 81.0. The lowest BCUT2D eigenvalue weighted by atomic mass is 10.0. The Hall–Kier alpha value is -5.28. The Labute approximate surface area is 251 Å². The number of imidazole rings is 1. The summed E-state index contributed by atoms with van der Waals surface area (Å²) in [6, 6.07) is 6.71. The van der Waals surface area contributed by atoms with Crippen molar-refractivity contribution in [1.29, 1.82) is 0 Å². The number of hydrogen-bond donors (Lipinski definition) is 3. The lowest BCUT2D eigenvalue weighted by molar-refractivity contribution is -0.138. The standard InChI is InChI=1S/C29H25F5N6O5/c1-2-10-44-15-6-7-16(18(11-15)29(32,33)34)20-12-23(45-39-20)26(28(43)35-9-8-24(41)42)40-14-22-21(13-36-40)37-27(38-22)17-4-3-5-19(30)25(17)31/h3-7,11-13,26H,2,8-10,14H2,1H3,(H,35,43)(H,37,38)(H,41,42). The molecule has 16 heteroatoms. The van der Waals surface area contributed by atoms with Crippen LogP contribution in [-0.4, -0.2) is 56.5 Å². The molecule has 4 aromatic rings. The van der Waals surface area contributed by atoms with Crippen LogP contribution in [0.5, 0.6) is 5.75 Å². The number of halogens is 5. The highest BCUT2D eigenvalue weighted by Crippen LogP contribution is 2.40. The number of carboxylic acid groups (broad SMARTS) is 1. The van der Waals surface area contributed by atoms with Gasteiger partial charge in [0.05, 0.1) is 42.6 Å². The van der Waals surface area contributed by atoms with E-state index in [-0.39, 0.29) is 59.5 Å². The molecule has 0 fully saturated rings. The van der Waals surface area contributed by atoms with Crippen molar-refractivity contribution in [2.75, 3.05) is 13.2 Å². The van der Waals surface area contributed by atoms with Crippen LogP contribution in [0, 0.1) is 11.6 Å². The molecule has 11 nitrogen and oxygen atoms in total. The highest BCUT2D eigenvalue weighted by Gasteiger charge is 2.37. The monoisotopic (exact) mass is 632 g/mol. The van der Waals surface area contributed by atoms with Gasteiger partial charge in [0.2, 0.25) is 0 Å². The number of aromatic amines is 1. The number of aromatic nitrogens is 3. The average molecular weight is 633 g/mol. The Morgan fingerprint density at radius 3 is 2.71 bits per heavy atom. The first-order valence-electron chi connectivity index (χ1n) is 13.6. The van der Waals surface area contributed by atoms with Gasteiger partial charge in [-0.1, -0.05) is 18.1 Å². The molecular formula is C29H25F5N6O5. The maximum atomic E-state index is 14.4. The molecule has 45 heavy (non-hydrogen) atoms. The third kappa shape index (κ3) is 6.78. The molecule has 2 aromatic carbocycles. The molecular weight excluding hydrogens is 607 g/mol. The zero-order valence-corrected chi connectivity index (χ0v) is 23.5. The molecule has 0 spiro atoms. The van der Waals surface area contributed by atoms with Gasteiger partial charge in [0.1, 0.15) is 23.0 Å². The molecule has 0 aliphatic carbocycles. The van der Waals surface area contributed by atoms with Crippen LogP contribution in [0.2, 0.25) is 0 Å². The van der Waals surface area contributed by atoms with E-state index < -0.39 is 47.7 Å². The fourth-order valence-corrected chi connectivity index (χ4v) is 4.59. The van der Waals surface area contributed by atoms with Crippen molar-refractivity contribution in [2.24, 2.45) is 5.10 Å². The average Bonchev–Trinajstić information content (AvgIpc) is 3.64. The first kappa shape index (κ1) is 31.2. The van der Waals surface area contributed by atoms with Crippen molar-refractivity contribution in [3.63, 3.8) is 0 Å². The third-order valence-electron chi connectivity index (χ3n) is 6.69. The Balaban J connectivity index is 1.48. The predicted molar refractivity (Wildman–Crippen MR) is 148 cm³/mol. The van der Waals surface area contributed by atoms with Gasteiger partial charge in [-0.3, -0.25) is 14.6 Å². The third-order valence-corrected chi connectivity index (χ3v) is 6.69. The van der Waals surface area contributed by atoms with Crippen LogP contribution in [0.15, 0.2) is 52.1 Å². The number of hydrogen-bond acceptors (Lipinski definition) is 8. The first-order valence-corrected chi connectivity index (χ1v) is 13.6. The number of carbonyl (C=O) groups excluding carboxylic acids is 1. The van der Waals surface area contributed by atoms with E-state index in [1.54, 1.807) is 0 Å². The lowest BCUT2D eigenvalue weighted by Gasteiger charge is -2.28. The molecule has 1 aliphatic rings. The van der Waals surface area contributed by atoms with Gasteiger partial charge in [0.15, 0.2) is 23.4 Å². The number of nitrogens with zero attached hydrogens (tertiary/aromatic N) is 4. The molecule has 0 radical (unpaired) electrons. The number of H-pyrrole nitrogens is 1. The van der Waals surface area contributed by atoms with Gasteiger partial charge < -0.3 is 24.7 Å². The van der Waals surface area contributed by atoms with E-state index in [1.807, 2.05) is 6.92 Å². The summed E-state index contributed by atoms with van der Waals surface area (Å²) in [5.41, 5.74) is -1.10. The van der Waals surface area contributed by atoms with Crippen molar-refractivity contribution in [1.82, 2.24) is 25.5 Å². The van der Waals surface area contributed by atoms with Crippen LogP contribution in [0.1, 0.15) is 48.5 Å². The van der Waals surface area contributed by atoms with Gasteiger partial charge in [-0.05, 0) is 36.8 Å². The van der Waals surface area contributed by atoms with Crippen LogP contribution < -0.4 is 10.1 Å². The molecule has 236 valence electrons. The predicted octanol–water partition coefficient (Wildman–Crippen LogP) is 5.30. The molecule has 3 heterocycles. The number of rotatable bonds is 11. The van der Waals surface area contributed by atoms with Gasteiger partial charge in [-0.25, -0.2) is 13.8 Å². The number of carbonyl (C=O) groups is 2. The van der Waals surface area contributed by atoms with Crippen molar-refractivity contribution in [3.05, 3.63) is 76.8 Å². The first-order chi connectivity index (χ1) is 21.5. The SMILES string of the molecule is CCCOc1ccc(-c2cc(C(C(=O)NCCC(=O)O)N3Cc4[nH]c(-c5cccc(F)c5F)nc4C=N3)on2)c(C(F)(F)F)c1. The number of benzene rings is 2. The number of hydrazone groups is 1. The number of nitrogens with one attached hydrogen (secondary N) is 2. The number of ether oxygens (including phenoxy) is 1. The van der Waals surface area contributed by atoms with Crippen molar-refractivity contribution in [3.8, 4) is 28.4 Å². The largest absolute Gasteiger partial charge is 0.494 e. The summed E-state index contributed by atoms with van der Waals surface area (Å²) in [6.07, 6.45) is -3.34. The number of aliphatic carboxylic acids is 1. The van der Waals surface area contributed by atoms with Crippen LogP contribution in [0.3, 0.4) is 0 Å². The van der Waals surface area contributed by atoms with Gasteiger partial charge in [-0.15, -0.1) is 0 Å². The minimum atomic E-state index is -4.78. The summed E-state index contributed by atoms with van der Waals surface area (Å²) >= 11 is 0. The van der Waals surface area contributed by atoms with Gasteiger partial charge in [0.25, 0.3) is 5.91 Å². The second-order valence-corrected chi connectivity index (χ2v) is 9.90. The molecule has 1 atom stereocenters. The molecule has 0 saturated carbocycles. The molecule has 1 amide bonds. The van der Waals surface area contributed by atoms with E-state index in [0.717, 1.165) is 18.2 Å². The van der Waals surface area contributed by atoms with E-state index in [2.05, 4.69) is 25.5 Å². The summed E-state index contributed by atoms with van der Waals surface area (Å²) in [4.78, 5) is 31.5. The van der Waals surface area contributed by atoms with Gasteiger partial charge in [0, 0.05) is 18.2 Å². The highest BCUT2D eigenvalue weighted by atomic mass is 19.4. The molecule has 3 N–H and O–H groups in total. The maximum absolute atomic E-state index is 14.4. The summed E-state index contributed by atoms with van der Waals surface area (Å²) in [5, 5.41) is 20.7. The Morgan fingerprint density at radius 1 is 1.18 bits per heavy atom. The van der Waals surface area contributed by atoms with Crippen LogP contribution in [0.4, 0.5) is 22.0 Å². The zero-order valence-electron chi connectivity index (χ0n) is 23.5. The molecule has 0 saturated heterocycles. The Bertz CT molecular complexity index is 1750. The van der Waals surface area contributed by atoms with Crippen molar-refractivity contribution >= 4 is 18.1 Å². The maximum Gasteiger partial charge on any atom is 0.417 e. The highest BCUT2D eigenvalue weighted by molar-refractivity contribution is 5.85. The van der Waals surface area contributed by atoms with Crippen LogP contribution >= 0.6 is 0 Å². The molecule has 2 aromatic heterocycles. The van der Waals surface area contributed by atoms with E-state index in [1.165, 1.54) is 35.5 Å². The Morgan fingerprint density at radius 2 is 1.98 bits per heavy atom. The van der Waals surface area contributed by atoms with E-state index in [9.17, 15) is 31.5 Å². The van der Waals surface area contributed by atoms with E-state index >= 15 is 0 Å². The van der Waals surface area contributed by atoms with Gasteiger partial charge >= 0.3 is 12.1 Å². The topological polar surface area (TPSA) is 146 Å². The quantitative estimate of drug-likeness (QED) is 0.189. The molecule has 1 aliphatic heterocycles. The zero-order chi connectivity index (χ0) is 32.3.